The van der Waals surface area contributed by atoms with Crippen LogP contribution in [0.1, 0.15) is 15.9 Å². The van der Waals surface area contributed by atoms with E-state index in [1.807, 2.05) is 0 Å². The van der Waals surface area contributed by atoms with Crippen molar-refractivity contribution < 1.29 is 31.5 Å². The second-order valence-electron chi connectivity index (χ2n) is 6.28. The van der Waals surface area contributed by atoms with E-state index in [0.717, 1.165) is 23.1 Å². The monoisotopic (exact) mass is 440 g/mol. The number of anilines is 2. The fourth-order valence-electron chi connectivity index (χ4n) is 2.50. The maximum Gasteiger partial charge on any atom is 0.416 e. The second kappa shape index (κ2) is 7.71. The number of amides is 1. The molecule has 0 radical (unpaired) electrons. The summed E-state index contributed by atoms with van der Waals surface area (Å²) in [5, 5.41) is 16.1. The highest BCUT2D eigenvalue weighted by Gasteiger charge is 2.30. The first-order valence-electron chi connectivity index (χ1n) is 8.27. The first-order chi connectivity index (χ1) is 13.9. The fourth-order valence-corrected chi connectivity index (χ4v) is 3.07. The molecule has 30 heavy (non-hydrogen) atoms. The number of carbonyl (C=O) groups is 1. The molecule has 8 nitrogen and oxygen atoms in total. The summed E-state index contributed by atoms with van der Waals surface area (Å²) >= 11 is 0. The normalized spacial score (nSPS) is 11.9. The van der Waals surface area contributed by atoms with E-state index in [1.54, 1.807) is 0 Å². The Morgan fingerprint density at radius 3 is 2.57 bits per heavy atom. The van der Waals surface area contributed by atoms with Gasteiger partial charge in [-0.25, -0.2) is 13.1 Å². The molecule has 0 aliphatic carbocycles. The summed E-state index contributed by atoms with van der Waals surface area (Å²) in [7, 11) is -3.65. The van der Waals surface area contributed by atoms with Gasteiger partial charge in [0.05, 0.1) is 35.0 Å². The van der Waals surface area contributed by atoms with Crippen LogP contribution < -0.4 is 10.0 Å². The molecule has 0 atom stereocenters. The van der Waals surface area contributed by atoms with Crippen molar-refractivity contribution in [2.45, 2.75) is 6.18 Å². The van der Waals surface area contributed by atoms with E-state index >= 15 is 0 Å². The van der Waals surface area contributed by atoms with E-state index in [2.05, 4.69) is 15.1 Å². The van der Waals surface area contributed by atoms with Crippen LogP contribution in [-0.4, -0.2) is 35.5 Å². The van der Waals surface area contributed by atoms with E-state index < -0.39 is 27.7 Å². The Labute approximate surface area is 169 Å². The van der Waals surface area contributed by atoms with Crippen LogP contribution in [-0.2, 0) is 16.2 Å². The van der Waals surface area contributed by atoms with Gasteiger partial charge in [-0.3, -0.25) is 9.52 Å². The van der Waals surface area contributed by atoms with Crippen LogP contribution in [0.5, 0.6) is 5.75 Å². The van der Waals surface area contributed by atoms with Gasteiger partial charge in [-0.1, -0.05) is 6.07 Å². The molecule has 0 spiro atoms. The van der Waals surface area contributed by atoms with Crippen molar-refractivity contribution in [2.75, 3.05) is 16.3 Å². The molecule has 3 N–H and O–H groups in total. The molecule has 1 amide bonds. The molecule has 158 valence electrons. The van der Waals surface area contributed by atoms with Crippen molar-refractivity contribution in [3.63, 3.8) is 0 Å². The maximum atomic E-state index is 12.9. The minimum atomic E-state index is -4.51. The predicted octanol–water partition coefficient (Wildman–Crippen LogP) is 3.22. The van der Waals surface area contributed by atoms with Gasteiger partial charge in [0.2, 0.25) is 10.0 Å². The lowest BCUT2D eigenvalue weighted by Crippen LogP contribution is -2.13. The van der Waals surface area contributed by atoms with Crippen molar-refractivity contribution in [2.24, 2.45) is 0 Å². The summed E-state index contributed by atoms with van der Waals surface area (Å²) in [5.74, 6) is -0.972. The van der Waals surface area contributed by atoms with Gasteiger partial charge in [0, 0.05) is 11.9 Å². The van der Waals surface area contributed by atoms with Gasteiger partial charge in [0.1, 0.15) is 5.75 Å². The molecular formula is C18H15F3N4O4S. The summed E-state index contributed by atoms with van der Waals surface area (Å²) in [6.45, 7) is 0. The van der Waals surface area contributed by atoms with E-state index in [0.29, 0.717) is 0 Å². The largest absolute Gasteiger partial charge is 0.506 e. The van der Waals surface area contributed by atoms with Crippen LogP contribution in [0.3, 0.4) is 0 Å². The number of nitrogens with zero attached hydrogens (tertiary/aromatic N) is 2. The lowest BCUT2D eigenvalue weighted by Gasteiger charge is -2.10. The number of phenols is 1. The number of aromatic nitrogens is 2. The number of nitrogens with one attached hydrogen (secondary N) is 2. The number of sulfonamides is 1. The van der Waals surface area contributed by atoms with Crippen LogP contribution in [0.2, 0.25) is 0 Å². The van der Waals surface area contributed by atoms with Crippen molar-refractivity contribution in [3.8, 4) is 11.4 Å². The smallest absolute Gasteiger partial charge is 0.416 e. The molecule has 1 heterocycles. The van der Waals surface area contributed by atoms with Crippen molar-refractivity contribution in [1.29, 1.82) is 0 Å². The fraction of sp³-hybridized carbons (Fsp3) is 0.111. The molecule has 0 unspecified atom stereocenters. The topological polar surface area (TPSA) is 113 Å². The molecule has 3 rings (SSSR count). The third kappa shape index (κ3) is 5.08. The van der Waals surface area contributed by atoms with E-state index in [4.69, 9.17) is 0 Å². The van der Waals surface area contributed by atoms with Crippen molar-refractivity contribution >= 4 is 27.3 Å². The standard InChI is InChI=1S/C18H15F3N4O4S/c1-30(28,29)24-15-8-13(5-6-16(15)26)23-17(27)11-9-22-25(10-11)14-4-2-3-12(7-14)18(19,20)21/h2-10,24,26H,1H3,(H,23,27). The number of rotatable bonds is 5. The number of hydrogen-bond donors (Lipinski definition) is 3. The molecule has 0 saturated carbocycles. The van der Waals surface area contributed by atoms with Gasteiger partial charge in [-0.15, -0.1) is 0 Å². The van der Waals surface area contributed by atoms with E-state index in [1.165, 1.54) is 42.7 Å². The summed E-state index contributed by atoms with van der Waals surface area (Å²) < 4.78 is 64.5. The summed E-state index contributed by atoms with van der Waals surface area (Å²) in [6, 6.07) is 8.21. The minimum absolute atomic E-state index is 0.0538. The number of phenolic OH excluding ortho intramolecular Hbond substituents is 1. The van der Waals surface area contributed by atoms with E-state index in [9.17, 15) is 31.5 Å². The predicted molar refractivity (Wildman–Crippen MR) is 103 cm³/mol. The zero-order valence-corrected chi connectivity index (χ0v) is 16.1. The van der Waals surface area contributed by atoms with Gasteiger partial charge in [-0.2, -0.15) is 18.3 Å². The van der Waals surface area contributed by atoms with Gasteiger partial charge in [0.15, 0.2) is 0 Å². The third-order valence-electron chi connectivity index (χ3n) is 3.83. The van der Waals surface area contributed by atoms with E-state index in [-0.39, 0.29) is 28.4 Å². The highest BCUT2D eigenvalue weighted by molar-refractivity contribution is 7.92. The Morgan fingerprint density at radius 2 is 1.90 bits per heavy atom. The number of benzene rings is 2. The number of aromatic hydroxyl groups is 1. The Bertz CT molecular complexity index is 1210. The zero-order valence-electron chi connectivity index (χ0n) is 15.3. The highest BCUT2D eigenvalue weighted by Crippen LogP contribution is 2.30. The third-order valence-corrected chi connectivity index (χ3v) is 4.42. The Kier molecular flexibility index (Phi) is 5.44. The lowest BCUT2D eigenvalue weighted by molar-refractivity contribution is -0.137. The molecule has 3 aromatic rings. The number of hydrogen-bond acceptors (Lipinski definition) is 5. The first kappa shape index (κ1) is 21.2. The number of alkyl halides is 3. The highest BCUT2D eigenvalue weighted by atomic mass is 32.2. The minimum Gasteiger partial charge on any atom is -0.506 e. The first-order valence-corrected chi connectivity index (χ1v) is 10.2. The number of halogens is 3. The Morgan fingerprint density at radius 1 is 1.17 bits per heavy atom. The Hall–Kier alpha value is -3.54. The molecule has 2 aromatic carbocycles. The van der Waals surface area contributed by atoms with Gasteiger partial charge in [-0.05, 0) is 36.4 Å². The Balaban J connectivity index is 1.80. The van der Waals surface area contributed by atoms with Crippen molar-refractivity contribution in [3.05, 3.63) is 66.0 Å². The van der Waals surface area contributed by atoms with Crippen LogP contribution >= 0.6 is 0 Å². The van der Waals surface area contributed by atoms with Gasteiger partial charge < -0.3 is 10.4 Å². The molecule has 0 aliphatic rings. The van der Waals surface area contributed by atoms with Crippen LogP contribution in [0, 0.1) is 0 Å². The summed E-state index contributed by atoms with van der Waals surface area (Å²) in [5.41, 5.74) is -0.631. The molecular weight excluding hydrogens is 425 g/mol. The number of carbonyl (C=O) groups excluding carboxylic acids is 1. The SMILES string of the molecule is CS(=O)(=O)Nc1cc(NC(=O)c2cnn(-c3cccc(C(F)(F)F)c3)c2)ccc1O. The van der Waals surface area contributed by atoms with Gasteiger partial charge in [0.25, 0.3) is 5.91 Å². The molecule has 0 fully saturated rings. The molecule has 12 heteroatoms. The van der Waals surface area contributed by atoms with Crippen LogP contribution in [0.25, 0.3) is 5.69 Å². The zero-order chi connectivity index (χ0) is 22.1. The lowest BCUT2D eigenvalue weighted by atomic mass is 10.2. The summed E-state index contributed by atoms with van der Waals surface area (Å²) in [6.07, 6.45) is -1.19. The van der Waals surface area contributed by atoms with Crippen LogP contribution in [0.4, 0.5) is 24.5 Å². The summed E-state index contributed by atoms with van der Waals surface area (Å²) in [4.78, 5) is 12.4. The molecule has 1 aromatic heterocycles. The van der Waals surface area contributed by atoms with Gasteiger partial charge >= 0.3 is 6.18 Å². The molecule has 0 bridgehead atoms. The quantitative estimate of drug-likeness (QED) is 0.417. The second-order valence-corrected chi connectivity index (χ2v) is 8.03. The van der Waals surface area contributed by atoms with Crippen LogP contribution in [0.15, 0.2) is 54.9 Å². The van der Waals surface area contributed by atoms with Crippen molar-refractivity contribution in [1.82, 2.24) is 9.78 Å². The maximum absolute atomic E-state index is 12.9. The average molecular weight is 440 g/mol. The molecule has 0 aliphatic heterocycles. The average Bonchev–Trinajstić information content (AvgIpc) is 3.13. The molecule has 0 saturated heterocycles.